The number of imide groups is 1. The molecule has 0 bridgehead atoms. The summed E-state index contributed by atoms with van der Waals surface area (Å²) in [6, 6.07) is 0. The van der Waals surface area contributed by atoms with Gasteiger partial charge in [0, 0.05) is 13.0 Å². The first kappa shape index (κ1) is 14.0. The van der Waals surface area contributed by atoms with Crippen LogP contribution in [-0.4, -0.2) is 29.0 Å². The van der Waals surface area contributed by atoms with Gasteiger partial charge in [0.25, 0.3) is 0 Å². The number of carbonyl (C=O) groups excluding carboxylic acids is 2. The molecule has 0 N–H and O–H groups in total. The maximum absolute atomic E-state index is 11.8. The fourth-order valence-electron chi connectivity index (χ4n) is 2.24. The molecule has 1 fully saturated rings. The van der Waals surface area contributed by atoms with Gasteiger partial charge in [-0.25, -0.2) is 9.69 Å². The van der Waals surface area contributed by atoms with Gasteiger partial charge in [0.2, 0.25) is 5.91 Å². The smallest absolute Gasteiger partial charge is 0.417 e. The molecular formula is C13H23NO3. The molecule has 1 heterocycles. The van der Waals surface area contributed by atoms with E-state index in [2.05, 4.69) is 13.8 Å². The SMILES string of the molecule is CCCC1(C)CC(=O)N(C(=O)OC(C)(C)C)C1. The molecule has 4 nitrogen and oxygen atoms in total. The highest BCUT2D eigenvalue weighted by Gasteiger charge is 2.43. The van der Waals surface area contributed by atoms with E-state index in [1.807, 2.05) is 0 Å². The number of nitrogens with zero attached hydrogens (tertiary/aromatic N) is 1. The lowest BCUT2D eigenvalue weighted by Crippen LogP contribution is -2.38. The number of hydrogen-bond acceptors (Lipinski definition) is 3. The molecule has 1 rings (SSSR count). The second-order valence-corrected chi connectivity index (χ2v) is 6.20. The largest absolute Gasteiger partial charge is 0.443 e. The van der Waals surface area contributed by atoms with Crippen molar-refractivity contribution < 1.29 is 14.3 Å². The first-order valence-electron chi connectivity index (χ1n) is 6.20. The van der Waals surface area contributed by atoms with Crippen LogP contribution in [0.5, 0.6) is 0 Å². The Morgan fingerprint density at radius 3 is 2.53 bits per heavy atom. The van der Waals surface area contributed by atoms with Gasteiger partial charge in [0.15, 0.2) is 0 Å². The number of amides is 2. The van der Waals surface area contributed by atoms with Gasteiger partial charge in [-0.3, -0.25) is 4.79 Å². The number of ether oxygens (including phenoxy) is 1. The first-order chi connectivity index (χ1) is 7.67. The van der Waals surface area contributed by atoms with Crippen LogP contribution in [0.1, 0.15) is 53.9 Å². The van der Waals surface area contributed by atoms with Crippen LogP contribution in [0.4, 0.5) is 4.79 Å². The maximum Gasteiger partial charge on any atom is 0.417 e. The molecule has 17 heavy (non-hydrogen) atoms. The number of likely N-dealkylation sites (tertiary alicyclic amines) is 1. The second kappa shape index (κ2) is 4.67. The molecule has 0 aromatic heterocycles. The Balaban J connectivity index is 2.68. The van der Waals surface area contributed by atoms with Gasteiger partial charge >= 0.3 is 6.09 Å². The number of rotatable bonds is 2. The molecule has 0 saturated carbocycles. The molecule has 98 valence electrons. The van der Waals surface area contributed by atoms with E-state index in [1.165, 1.54) is 4.90 Å². The molecule has 1 atom stereocenters. The Bertz CT molecular complexity index is 319. The molecule has 0 aromatic rings. The zero-order chi connectivity index (χ0) is 13.3. The molecule has 0 radical (unpaired) electrons. The van der Waals surface area contributed by atoms with Crippen molar-refractivity contribution in [2.75, 3.05) is 6.54 Å². The Morgan fingerprint density at radius 1 is 1.47 bits per heavy atom. The topological polar surface area (TPSA) is 46.6 Å². The zero-order valence-corrected chi connectivity index (χ0v) is 11.5. The van der Waals surface area contributed by atoms with Crippen LogP contribution in [0.2, 0.25) is 0 Å². The highest BCUT2D eigenvalue weighted by atomic mass is 16.6. The quantitative estimate of drug-likeness (QED) is 0.746. The summed E-state index contributed by atoms with van der Waals surface area (Å²) < 4.78 is 5.23. The summed E-state index contributed by atoms with van der Waals surface area (Å²) in [6.07, 6.45) is 1.91. The molecule has 2 amide bonds. The van der Waals surface area contributed by atoms with Crippen LogP contribution < -0.4 is 0 Å². The Kier molecular flexibility index (Phi) is 3.84. The second-order valence-electron chi connectivity index (χ2n) is 6.20. The minimum absolute atomic E-state index is 0.0806. The summed E-state index contributed by atoms with van der Waals surface area (Å²) in [6.45, 7) is 10.0. The van der Waals surface area contributed by atoms with Crippen LogP contribution in [0.3, 0.4) is 0 Å². The summed E-state index contributed by atoms with van der Waals surface area (Å²) in [7, 11) is 0. The normalized spacial score (nSPS) is 25.2. The van der Waals surface area contributed by atoms with Crippen molar-refractivity contribution >= 4 is 12.0 Å². The lowest BCUT2D eigenvalue weighted by Gasteiger charge is -2.25. The van der Waals surface area contributed by atoms with E-state index in [1.54, 1.807) is 20.8 Å². The molecule has 1 unspecified atom stereocenters. The highest BCUT2D eigenvalue weighted by molar-refractivity contribution is 5.94. The lowest BCUT2D eigenvalue weighted by atomic mass is 9.85. The Hall–Kier alpha value is -1.06. The average Bonchev–Trinajstić information content (AvgIpc) is 2.39. The van der Waals surface area contributed by atoms with E-state index < -0.39 is 11.7 Å². The van der Waals surface area contributed by atoms with E-state index in [4.69, 9.17) is 4.74 Å². The Labute approximate surface area is 103 Å². The Morgan fingerprint density at radius 2 is 2.06 bits per heavy atom. The third-order valence-corrected chi connectivity index (χ3v) is 2.89. The van der Waals surface area contributed by atoms with E-state index in [9.17, 15) is 9.59 Å². The highest BCUT2D eigenvalue weighted by Crippen LogP contribution is 2.35. The van der Waals surface area contributed by atoms with Crippen LogP contribution in [-0.2, 0) is 9.53 Å². The molecule has 0 aromatic carbocycles. The summed E-state index contributed by atoms with van der Waals surface area (Å²) in [5.74, 6) is -0.116. The molecule has 0 spiro atoms. The molecule has 4 heteroatoms. The molecule has 1 aliphatic rings. The van der Waals surface area contributed by atoms with Crippen molar-refractivity contribution in [1.29, 1.82) is 0 Å². The maximum atomic E-state index is 11.8. The van der Waals surface area contributed by atoms with Crippen LogP contribution >= 0.6 is 0 Å². The monoisotopic (exact) mass is 241 g/mol. The summed E-state index contributed by atoms with van der Waals surface area (Å²) >= 11 is 0. The fourth-order valence-corrected chi connectivity index (χ4v) is 2.24. The van der Waals surface area contributed by atoms with Crippen LogP contribution in [0.25, 0.3) is 0 Å². The van der Waals surface area contributed by atoms with E-state index in [-0.39, 0.29) is 11.3 Å². The third-order valence-electron chi connectivity index (χ3n) is 2.89. The predicted molar refractivity (Wildman–Crippen MR) is 65.6 cm³/mol. The standard InChI is InChI=1S/C13H23NO3/c1-6-7-13(5)8-10(15)14(9-13)11(16)17-12(2,3)4/h6-9H2,1-5H3. The van der Waals surface area contributed by atoms with Crippen molar-refractivity contribution in [3.05, 3.63) is 0 Å². The fraction of sp³-hybridized carbons (Fsp3) is 0.846. The van der Waals surface area contributed by atoms with E-state index >= 15 is 0 Å². The zero-order valence-electron chi connectivity index (χ0n) is 11.5. The average molecular weight is 241 g/mol. The van der Waals surface area contributed by atoms with Crippen molar-refractivity contribution in [3.63, 3.8) is 0 Å². The number of hydrogen-bond donors (Lipinski definition) is 0. The van der Waals surface area contributed by atoms with Crippen molar-refractivity contribution in [3.8, 4) is 0 Å². The molecule has 1 saturated heterocycles. The molecule has 1 aliphatic heterocycles. The van der Waals surface area contributed by atoms with Crippen LogP contribution in [0, 0.1) is 5.41 Å². The van der Waals surface area contributed by atoms with Crippen molar-refractivity contribution in [2.24, 2.45) is 5.41 Å². The van der Waals surface area contributed by atoms with Gasteiger partial charge < -0.3 is 4.74 Å². The first-order valence-corrected chi connectivity index (χ1v) is 6.20. The van der Waals surface area contributed by atoms with Crippen molar-refractivity contribution in [2.45, 2.75) is 59.5 Å². The van der Waals surface area contributed by atoms with Crippen molar-refractivity contribution in [1.82, 2.24) is 4.90 Å². The lowest BCUT2D eigenvalue weighted by molar-refractivity contribution is -0.127. The van der Waals surface area contributed by atoms with E-state index in [0.717, 1.165) is 12.8 Å². The van der Waals surface area contributed by atoms with Gasteiger partial charge in [0.05, 0.1) is 0 Å². The third kappa shape index (κ3) is 3.72. The summed E-state index contributed by atoms with van der Waals surface area (Å²) in [5, 5.41) is 0. The summed E-state index contributed by atoms with van der Waals surface area (Å²) in [4.78, 5) is 24.9. The van der Waals surface area contributed by atoms with Gasteiger partial charge in [0.1, 0.15) is 5.60 Å². The van der Waals surface area contributed by atoms with Gasteiger partial charge in [-0.2, -0.15) is 0 Å². The molecular weight excluding hydrogens is 218 g/mol. The molecule has 0 aliphatic carbocycles. The van der Waals surface area contributed by atoms with Gasteiger partial charge in [-0.15, -0.1) is 0 Å². The minimum atomic E-state index is -0.554. The van der Waals surface area contributed by atoms with Crippen LogP contribution in [0.15, 0.2) is 0 Å². The van der Waals surface area contributed by atoms with Gasteiger partial charge in [-0.1, -0.05) is 20.3 Å². The predicted octanol–water partition coefficient (Wildman–Crippen LogP) is 2.96. The number of carbonyl (C=O) groups is 2. The summed E-state index contributed by atoms with van der Waals surface area (Å²) in [5.41, 5.74) is -0.635. The minimum Gasteiger partial charge on any atom is -0.443 e. The van der Waals surface area contributed by atoms with E-state index in [0.29, 0.717) is 13.0 Å². The van der Waals surface area contributed by atoms with Gasteiger partial charge in [-0.05, 0) is 32.6 Å².